The monoisotopic (exact) mass is 453 g/mol. The number of carbonyl (C=O) groups excluding carboxylic acids is 2. The first-order valence-electron chi connectivity index (χ1n) is 9.10. The van der Waals surface area contributed by atoms with E-state index in [0.29, 0.717) is 0 Å². The van der Waals surface area contributed by atoms with Gasteiger partial charge in [-0.25, -0.2) is 0 Å². The summed E-state index contributed by atoms with van der Waals surface area (Å²) in [6.07, 6.45) is 4.69. The molecular weight excluding hydrogens is 430 g/mol. The Balaban J connectivity index is 2.15. The second kappa shape index (κ2) is 10.7. The molecule has 0 radical (unpaired) electrons. The highest BCUT2D eigenvalue weighted by Gasteiger charge is 2.27. The maximum atomic E-state index is 12.6. The van der Waals surface area contributed by atoms with Crippen molar-refractivity contribution in [2.45, 2.75) is 44.7 Å². The fourth-order valence-corrected chi connectivity index (χ4v) is 3.40. The molecule has 1 aliphatic carbocycles. The van der Waals surface area contributed by atoms with Gasteiger partial charge in [-0.05, 0) is 24.5 Å². The van der Waals surface area contributed by atoms with E-state index in [0.717, 1.165) is 42.1 Å². The predicted octanol–water partition coefficient (Wildman–Crippen LogP) is 1.96. The third-order valence-electron chi connectivity index (χ3n) is 4.44. The second-order valence-electron chi connectivity index (χ2n) is 6.55. The standard InChI is InChI=1S/C19H24BrN3O5/c20-14-9-5-4-6-12(14)10-21-17(26)16(18(27)22-11-15(24)25)19(28)23-13-7-2-1-3-8-13/h4-6,9,13,21,26H,1-3,7-8,10-11H2,(H,22,27)(H,23,28)(H,24,25). The van der Waals surface area contributed by atoms with Crippen LogP contribution in [0.2, 0.25) is 0 Å². The molecule has 8 nitrogen and oxygen atoms in total. The lowest BCUT2D eigenvalue weighted by atomic mass is 9.95. The molecule has 2 amide bonds. The number of hydrogen-bond acceptors (Lipinski definition) is 5. The van der Waals surface area contributed by atoms with Gasteiger partial charge in [0.2, 0.25) is 5.88 Å². The summed E-state index contributed by atoms with van der Waals surface area (Å²) in [5, 5.41) is 26.7. The van der Waals surface area contributed by atoms with Gasteiger partial charge in [-0.1, -0.05) is 53.4 Å². The van der Waals surface area contributed by atoms with Crippen molar-refractivity contribution in [3.8, 4) is 0 Å². The van der Waals surface area contributed by atoms with Crippen LogP contribution < -0.4 is 16.0 Å². The summed E-state index contributed by atoms with van der Waals surface area (Å²) in [5.74, 6) is -3.53. The molecular formula is C19H24BrN3O5. The molecule has 0 spiro atoms. The highest BCUT2D eigenvalue weighted by Crippen LogP contribution is 2.18. The third-order valence-corrected chi connectivity index (χ3v) is 5.21. The smallest absolute Gasteiger partial charge is 0.322 e. The molecule has 1 fully saturated rings. The molecule has 0 aliphatic heterocycles. The van der Waals surface area contributed by atoms with Gasteiger partial charge in [0.25, 0.3) is 11.8 Å². The van der Waals surface area contributed by atoms with Crippen LogP contribution >= 0.6 is 15.9 Å². The molecule has 2 rings (SSSR count). The zero-order valence-corrected chi connectivity index (χ0v) is 16.9. The van der Waals surface area contributed by atoms with E-state index in [-0.39, 0.29) is 12.6 Å². The molecule has 0 saturated heterocycles. The minimum Gasteiger partial charge on any atom is -0.494 e. The Bertz CT molecular complexity index is 760. The van der Waals surface area contributed by atoms with E-state index in [4.69, 9.17) is 5.11 Å². The van der Waals surface area contributed by atoms with Crippen molar-refractivity contribution in [2.24, 2.45) is 0 Å². The number of carbonyl (C=O) groups is 3. The van der Waals surface area contributed by atoms with Crippen LogP contribution in [0.15, 0.2) is 40.2 Å². The van der Waals surface area contributed by atoms with Gasteiger partial charge in [-0.15, -0.1) is 0 Å². The van der Waals surface area contributed by atoms with E-state index in [2.05, 4.69) is 31.9 Å². The van der Waals surface area contributed by atoms with Gasteiger partial charge in [0.05, 0.1) is 0 Å². The number of aliphatic hydroxyl groups excluding tert-OH is 1. The maximum absolute atomic E-state index is 12.6. The Morgan fingerprint density at radius 1 is 1.00 bits per heavy atom. The SMILES string of the molecule is O=C(O)CNC(=O)C(C(=O)NC1CCCCC1)=C(O)NCc1ccccc1Br. The molecule has 0 aromatic heterocycles. The van der Waals surface area contributed by atoms with Crippen LogP contribution in [0.25, 0.3) is 0 Å². The number of aliphatic hydroxyl groups is 1. The summed E-state index contributed by atoms with van der Waals surface area (Å²) in [5.41, 5.74) is 0.283. The first-order chi connectivity index (χ1) is 13.4. The van der Waals surface area contributed by atoms with Crippen molar-refractivity contribution in [3.05, 3.63) is 45.8 Å². The molecule has 1 aromatic carbocycles. The Kier molecular flexibility index (Phi) is 8.31. The Morgan fingerprint density at radius 3 is 2.32 bits per heavy atom. The fourth-order valence-electron chi connectivity index (χ4n) is 2.98. The van der Waals surface area contributed by atoms with E-state index >= 15 is 0 Å². The van der Waals surface area contributed by atoms with Gasteiger partial charge in [-0.2, -0.15) is 0 Å². The van der Waals surface area contributed by atoms with Gasteiger partial charge >= 0.3 is 5.97 Å². The molecule has 5 N–H and O–H groups in total. The molecule has 152 valence electrons. The minimum atomic E-state index is -1.25. The van der Waals surface area contributed by atoms with Gasteiger partial charge in [-0.3, -0.25) is 14.4 Å². The summed E-state index contributed by atoms with van der Waals surface area (Å²) < 4.78 is 0.804. The third kappa shape index (κ3) is 6.56. The normalized spacial score (nSPS) is 15.3. The van der Waals surface area contributed by atoms with Crippen LogP contribution in [-0.4, -0.2) is 40.6 Å². The van der Waals surface area contributed by atoms with Crippen LogP contribution in [-0.2, 0) is 20.9 Å². The number of carboxylic acids is 1. The predicted molar refractivity (Wildman–Crippen MR) is 106 cm³/mol. The van der Waals surface area contributed by atoms with Gasteiger partial charge in [0, 0.05) is 17.1 Å². The Labute approximate surface area is 171 Å². The molecule has 1 saturated carbocycles. The number of benzene rings is 1. The van der Waals surface area contributed by atoms with Crippen molar-refractivity contribution in [2.75, 3.05) is 6.54 Å². The Morgan fingerprint density at radius 2 is 1.68 bits per heavy atom. The lowest BCUT2D eigenvalue weighted by Crippen LogP contribution is -2.43. The lowest BCUT2D eigenvalue weighted by Gasteiger charge is -2.23. The fraction of sp³-hybridized carbons (Fsp3) is 0.421. The van der Waals surface area contributed by atoms with Crippen molar-refractivity contribution < 1.29 is 24.6 Å². The molecule has 1 aromatic rings. The summed E-state index contributed by atoms with van der Waals surface area (Å²) in [4.78, 5) is 35.7. The minimum absolute atomic E-state index is 0.0698. The van der Waals surface area contributed by atoms with Gasteiger partial charge < -0.3 is 26.2 Å². The lowest BCUT2D eigenvalue weighted by molar-refractivity contribution is -0.138. The van der Waals surface area contributed by atoms with E-state index < -0.39 is 35.8 Å². The van der Waals surface area contributed by atoms with E-state index in [9.17, 15) is 19.5 Å². The molecule has 9 heteroatoms. The number of hydrogen-bond donors (Lipinski definition) is 5. The quantitative estimate of drug-likeness (QED) is 0.177. The average Bonchev–Trinajstić information content (AvgIpc) is 2.66. The zero-order valence-electron chi connectivity index (χ0n) is 15.3. The second-order valence-corrected chi connectivity index (χ2v) is 7.41. The highest BCUT2D eigenvalue weighted by molar-refractivity contribution is 9.10. The summed E-state index contributed by atoms with van der Waals surface area (Å²) in [7, 11) is 0. The van der Waals surface area contributed by atoms with Crippen LogP contribution in [0.4, 0.5) is 0 Å². The van der Waals surface area contributed by atoms with Crippen molar-refractivity contribution in [3.63, 3.8) is 0 Å². The number of halogens is 1. The number of rotatable bonds is 8. The largest absolute Gasteiger partial charge is 0.494 e. The molecule has 1 aliphatic rings. The van der Waals surface area contributed by atoms with Crippen molar-refractivity contribution >= 4 is 33.7 Å². The Hall–Kier alpha value is -2.55. The first-order valence-corrected chi connectivity index (χ1v) is 9.89. The van der Waals surface area contributed by atoms with Crippen LogP contribution in [0.5, 0.6) is 0 Å². The first kappa shape index (κ1) is 21.7. The van der Waals surface area contributed by atoms with Crippen LogP contribution in [0, 0.1) is 0 Å². The summed E-state index contributed by atoms with van der Waals surface area (Å²) in [6, 6.07) is 7.23. The van der Waals surface area contributed by atoms with Crippen LogP contribution in [0.1, 0.15) is 37.7 Å². The number of amides is 2. The summed E-state index contributed by atoms with van der Waals surface area (Å²) in [6.45, 7) is -0.490. The van der Waals surface area contributed by atoms with E-state index in [1.165, 1.54) is 0 Å². The maximum Gasteiger partial charge on any atom is 0.322 e. The van der Waals surface area contributed by atoms with Crippen molar-refractivity contribution in [1.29, 1.82) is 0 Å². The number of aliphatic carboxylic acids is 1. The molecule has 0 unspecified atom stereocenters. The highest BCUT2D eigenvalue weighted by atomic mass is 79.9. The molecule has 28 heavy (non-hydrogen) atoms. The zero-order chi connectivity index (χ0) is 20.5. The summed E-state index contributed by atoms with van der Waals surface area (Å²) >= 11 is 3.39. The number of nitrogens with one attached hydrogen (secondary N) is 3. The van der Waals surface area contributed by atoms with Crippen molar-refractivity contribution in [1.82, 2.24) is 16.0 Å². The van der Waals surface area contributed by atoms with Gasteiger partial charge in [0.1, 0.15) is 6.54 Å². The number of carboxylic acid groups (broad SMARTS) is 1. The topological polar surface area (TPSA) is 128 Å². The van der Waals surface area contributed by atoms with E-state index in [1.54, 1.807) is 0 Å². The van der Waals surface area contributed by atoms with Crippen LogP contribution in [0.3, 0.4) is 0 Å². The molecule has 0 bridgehead atoms. The molecule has 0 heterocycles. The molecule has 0 atom stereocenters. The van der Waals surface area contributed by atoms with E-state index in [1.807, 2.05) is 24.3 Å². The average molecular weight is 454 g/mol. The van der Waals surface area contributed by atoms with Gasteiger partial charge in [0.15, 0.2) is 5.57 Å².